The van der Waals surface area contributed by atoms with E-state index in [-0.39, 0.29) is 28.1 Å². The highest BCUT2D eigenvalue weighted by molar-refractivity contribution is 7.92. The van der Waals surface area contributed by atoms with Crippen LogP contribution in [0.3, 0.4) is 0 Å². The lowest BCUT2D eigenvalue weighted by Gasteiger charge is -2.12. The van der Waals surface area contributed by atoms with Crippen molar-refractivity contribution in [2.75, 3.05) is 16.2 Å². The molecular formula is C10H14ClFN2O2S. The zero-order chi connectivity index (χ0) is 13.2. The Morgan fingerprint density at radius 1 is 1.47 bits per heavy atom. The molecule has 0 aliphatic carbocycles. The van der Waals surface area contributed by atoms with Gasteiger partial charge in [0.25, 0.3) is 0 Å². The first-order valence-corrected chi connectivity index (χ1v) is 7.00. The van der Waals surface area contributed by atoms with Gasteiger partial charge in [-0.25, -0.2) is 12.8 Å². The fourth-order valence-electron chi connectivity index (χ4n) is 1.30. The molecule has 0 radical (unpaired) electrons. The number of rotatable bonds is 4. The Morgan fingerprint density at radius 2 is 2.06 bits per heavy atom. The van der Waals surface area contributed by atoms with Gasteiger partial charge in [-0.2, -0.15) is 0 Å². The number of nitrogens with one attached hydrogen (secondary N) is 1. The second-order valence-electron chi connectivity index (χ2n) is 4.10. The second-order valence-corrected chi connectivity index (χ2v) is 6.24. The molecule has 0 amide bonds. The van der Waals surface area contributed by atoms with Crippen molar-refractivity contribution in [2.24, 2.45) is 5.92 Å². The number of nitrogens with two attached hydrogens (primary N) is 1. The lowest BCUT2D eigenvalue weighted by molar-refractivity contribution is 0.587. The average molecular weight is 281 g/mol. The Morgan fingerprint density at radius 3 is 2.59 bits per heavy atom. The average Bonchev–Trinajstić information content (AvgIpc) is 2.17. The van der Waals surface area contributed by atoms with Crippen molar-refractivity contribution in [2.45, 2.75) is 13.8 Å². The summed E-state index contributed by atoms with van der Waals surface area (Å²) in [5.74, 6) is -0.744. The number of nitrogen functional groups attached to an aromatic ring is 1. The van der Waals surface area contributed by atoms with Crippen molar-refractivity contribution in [3.05, 3.63) is 23.0 Å². The first-order valence-electron chi connectivity index (χ1n) is 4.97. The molecule has 96 valence electrons. The SMILES string of the molecule is CC(C)CS(=O)(=O)Nc1ccc(F)c(N)c1Cl. The van der Waals surface area contributed by atoms with Crippen LogP contribution in [-0.4, -0.2) is 14.2 Å². The third-order valence-corrected chi connectivity index (χ3v) is 3.99. The topological polar surface area (TPSA) is 72.2 Å². The molecule has 7 heteroatoms. The van der Waals surface area contributed by atoms with Crippen LogP contribution in [0.4, 0.5) is 15.8 Å². The summed E-state index contributed by atoms with van der Waals surface area (Å²) in [5, 5.41) is -0.127. The molecular weight excluding hydrogens is 267 g/mol. The Balaban J connectivity index is 3.01. The van der Waals surface area contributed by atoms with E-state index >= 15 is 0 Å². The fraction of sp³-hybridized carbons (Fsp3) is 0.400. The molecule has 0 saturated carbocycles. The van der Waals surface area contributed by atoms with Crippen LogP contribution in [0, 0.1) is 11.7 Å². The molecule has 0 bridgehead atoms. The fourth-order valence-corrected chi connectivity index (χ4v) is 3.02. The molecule has 0 aliphatic rings. The van der Waals surface area contributed by atoms with Crippen molar-refractivity contribution < 1.29 is 12.8 Å². The molecule has 0 saturated heterocycles. The summed E-state index contributed by atoms with van der Waals surface area (Å²) in [6.45, 7) is 3.56. The van der Waals surface area contributed by atoms with Gasteiger partial charge in [0, 0.05) is 0 Å². The lowest BCUT2D eigenvalue weighted by Crippen LogP contribution is -2.20. The predicted molar refractivity (Wildman–Crippen MR) is 68.1 cm³/mol. The summed E-state index contributed by atoms with van der Waals surface area (Å²) < 4.78 is 38.6. The Labute approximate surface area is 105 Å². The number of hydrogen-bond donors (Lipinski definition) is 2. The minimum atomic E-state index is -3.50. The molecule has 4 nitrogen and oxygen atoms in total. The monoisotopic (exact) mass is 280 g/mol. The molecule has 0 fully saturated rings. The van der Waals surface area contributed by atoms with Crippen molar-refractivity contribution >= 4 is 33.0 Å². The first kappa shape index (κ1) is 14.1. The molecule has 0 heterocycles. The minimum absolute atomic E-state index is 0.0240. The van der Waals surface area contributed by atoms with E-state index in [1.165, 1.54) is 6.07 Å². The quantitative estimate of drug-likeness (QED) is 0.832. The maximum absolute atomic E-state index is 13.0. The van der Waals surface area contributed by atoms with Crippen LogP contribution in [0.15, 0.2) is 12.1 Å². The van der Waals surface area contributed by atoms with Gasteiger partial charge in [0.05, 0.1) is 22.2 Å². The van der Waals surface area contributed by atoms with E-state index < -0.39 is 15.8 Å². The van der Waals surface area contributed by atoms with Gasteiger partial charge in [0.2, 0.25) is 10.0 Å². The first-order chi connectivity index (χ1) is 7.73. The molecule has 1 rings (SSSR count). The standard InChI is InChI=1S/C10H14ClFN2O2S/c1-6(2)5-17(15,16)14-8-4-3-7(12)10(13)9(8)11/h3-4,6,14H,5,13H2,1-2H3. The van der Waals surface area contributed by atoms with E-state index in [1.54, 1.807) is 13.8 Å². The van der Waals surface area contributed by atoms with Gasteiger partial charge in [-0.15, -0.1) is 0 Å². The van der Waals surface area contributed by atoms with Gasteiger partial charge in [-0.3, -0.25) is 4.72 Å². The summed E-state index contributed by atoms with van der Waals surface area (Å²) >= 11 is 5.75. The van der Waals surface area contributed by atoms with Crippen molar-refractivity contribution in [3.63, 3.8) is 0 Å². The van der Waals surface area contributed by atoms with E-state index in [0.717, 1.165) is 6.07 Å². The summed E-state index contributed by atoms with van der Waals surface area (Å²) in [4.78, 5) is 0. The number of benzene rings is 1. The summed E-state index contributed by atoms with van der Waals surface area (Å²) in [5.41, 5.74) is 5.18. The third-order valence-electron chi connectivity index (χ3n) is 1.94. The van der Waals surface area contributed by atoms with Gasteiger partial charge in [0.15, 0.2) is 0 Å². The van der Waals surface area contributed by atoms with Crippen LogP contribution >= 0.6 is 11.6 Å². The van der Waals surface area contributed by atoms with Gasteiger partial charge in [0.1, 0.15) is 5.82 Å². The van der Waals surface area contributed by atoms with Crippen molar-refractivity contribution in [1.29, 1.82) is 0 Å². The Bertz CT molecular complexity index is 517. The smallest absolute Gasteiger partial charge is 0.233 e. The van der Waals surface area contributed by atoms with Crippen LogP contribution in [-0.2, 0) is 10.0 Å². The zero-order valence-electron chi connectivity index (χ0n) is 9.50. The van der Waals surface area contributed by atoms with E-state index in [1.807, 2.05) is 0 Å². The molecule has 1 aromatic carbocycles. The summed E-state index contributed by atoms with van der Waals surface area (Å²) in [7, 11) is -3.50. The van der Waals surface area contributed by atoms with Gasteiger partial charge in [-0.1, -0.05) is 25.4 Å². The van der Waals surface area contributed by atoms with Gasteiger partial charge >= 0.3 is 0 Å². The normalized spacial score (nSPS) is 11.8. The summed E-state index contributed by atoms with van der Waals surface area (Å²) in [6, 6.07) is 2.31. The molecule has 1 aromatic rings. The predicted octanol–water partition coefficient (Wildman–Crippen LogP) is 2.46. The Kier molecular flexibility index (Phi) is 4.21. The van der Waals surface area contributed by atoms with Crippen LogP contribution in [0.5, 0.6) is 0 Å². The molecule has 17 heavy (non-hydrogen) atoms. The largest absolute Gasteiger partial charge is 0.395 e. The highest BCUT2D eigenvalue weighted by Gasteiger charge is 2.16. The van der Waals surface area contributed by atoms with E-state index in [4.69, 9.17) is 17.3 Å². The van der Waals surface area contributed by atoms with Crippen LogP contribution in [0.25, 0.3) is 0 Å². The highest BCUT2D eigenvalue weighted by Crippen LogP contribution is 2.30. The molecule has 0 spiro atoms. The van der Waals surface area contributed by atoms with Crippen LogP contribution < -0.4 is 10.5 Å². The van der Waals surface area contributed by atoms with Crippen LogP contribution in [0.2, 0.25) is 5.02 Å². The van der Waals surface area contributed by atoms with Gasteiger partial charge < -0.3 is 5.73 Å². The Hall–Kier alpha value is -1.01. The zero-order valence-corrected chi connectivity index (χ0v) is 11.1. The minimum Gasteiger partial charge on any atom is -0.395 e. The maximum Gasteiger partial charge on any atom is 0.233 e. The van der Waals surface area contributed by atoms with Gasteiger partial charge in [-0.05, 0) is 18.1 Å². The van der Waals surface area contributed by atoms with E-state index in [2.05, 4.69) is 4.72 Å². The molecule has 0 atom stereocenters. The van der Waals surface area contributed by atoms with E-state index in [9.17, 15) is 12.8 Å². The highest BCUT2D eigenvalue weighted by atomic mass is 35.5. The summed E-state index contributed by atoms with van der Waals surface area (Å²) in [6.07, 6.45) is 0. The molecule has 0 unspecified atom stereocenters. The number of sulfonamides is 1. The maximum atomic E-state index is 13.0. The molecule has 3 N–H and O–H groups in total. The molecule has 0 aliphatic heterocycles. The number of hydrogen-bond acceptors (Lipinski definition) is 3. The van der Waals surface area contributed by atoms with Crippen molar-refractivity contribution in [3.8, 4) is 0 Å². The van der Waals surface area contributed by atoms with Crippen LogP contribution in [0.1, 0.15) is 13.8 Å². The van der Waals surface area contributed by atoms with Crippen molar-refractivity contribution in [1.82, 2.24) is 0 Å². The molecule has 0 aromatic heterocycles. The number of halogens is 2. The van der Waals surface area contributed by atoms with E-state index in [0.29, 0.717) is 0 Å². The second kappa shape index (κ2) is 5.10. The lowest BCUT2D eigenvalue weighted by atomic mass is 10.3. The number of anilines is 2. The third kappa shape index (κ3) is 3.74.